The summed E-state index contributed by atoms with van der Waals surface area (Å²) in [4.78, 5) is 16.6. The highest BCUT2D eigenvalue weighted by Gasteiger charge is 2.12. The molecule has 4 rings (SSSR count). The summed E-state index contributed by atoms with van der Waals surface area (Å²) in [6.07, 6.45) is 0.196. The van der Waals surface area contributed by atoms with Crippen LogP contribution < -0.4 is 5.32 Å². The van der Waals surface area contributed by atoms with Gasteiger partial charge in [0.25, 0.3) is 0 Å². The Labute approximate surface area is 135 Å². The van der Waals surface area contributed by atoms with E-state index in [1.165, 1.54) is 0 Å². The van der Waals surface area contributed by atoms with E-state index in [2.05, 4.69) is 15.5 Å². The molecule has 0 spiro atoms. The van der Waals surface area contributed by atoms with Gasteiger partial charge in [0.15, 0.2) is 5.58 Å². The molecule has 0 saturated heterocycles. The number of hydrogen-bond acceptors (Lipinski definition) is 5. The zero-order chi connectivity index (χ0) is 15.6. The number of rotatable bonds is 4. The molecule has 0 bridgehead atoms. The number of aromatic nitrogens is 2. The largest absolute Gasteiger partial charge is 0.356 e. The van der Waals surface area contributed by atoms with Gasteiger partial charge in [0.2, 0.25) is 5.91 Å². The first-order valence-corrected chi connectivity index (χ1v) is 8.06. The maximum Gasteiger partial charge on any atom is 0.226 e. The molecule has 0 radical (unpaired) electrons. The van der Waals surface area contributed by atoms with Gasteiger partial charge in [-0.2, -0.15) is 0 Å². The number of nitrogens with zero attached hydrogens (tertiary/aromatic N) is 2. The number of carbonyl (C=O) groups is 1. The fraction of sp³-hybridized carbons (Fsp3) is 0.118. The first kappa shape index (κ1) is 13.9. The molecule has 2 aromatic carbocycles. The van der Waals surface area contributed by atoms with Crippen molar-refractivity contribution in [2.24, 2.45) is 0 Å². The summed E-state index contributed by atoms with van der Waals surface area (Å²) < 4.78 is 6.34. The maximum absolute atomic E-state index is 12.1. The lowest BCUT2D eigenvalue weighted by atomic mass is 10.1. The standard InChI is InChI=1S/C17H13N3O2S/c21-16(9-13-11-5-1-3-7-14(11)22-20-13)18-10-17-19-12-6-2-4-8-15(12)23-17/h1-8H,9-10H2,(H,18,21). The van der Waals surface area contributed by atoms with E-state index in [1.54, 1.807) is 11.3 Å². The highest BCUT2D eigenvalue weighted by molar-refractivity contribution is 7.18. The third-order valence-corrected chi connectivity index (χ3v) is 4.59. The third-order valence-electron chi connectivity index (χ3n) is 3.56. The molecule has 23 heavy (non-hydrogen) atoms. The van der Waals surface area contributed by atoms with Crippen LogP contribution >= 0.6 is 11.3 Å². The molecule has 0 fully saturated rings. The van der Waals surface area contributed by atoms with Crippen LogP contribution in [0, 0.1) is 0 Å². The molecule has 0 aliphatic rings. The summed E-state index contributed by atoms with van der Waals surface area (Å²) in [5, 5.41) is 8.64. The minimum Gasteiger partial charge on any atom is -0.356 e. The summed E-state index contributed by atoms with van der Waals surface area (Å²) in [5.41, 5.74) is 2.31. The van der Waals surface area contributed by atoms with E-state index < -0.39 is 0 Å². The lowest BCUT2D eigenvalue weighted by molar-refractivity contribution is -0.120. The van der Waals surface area contributed by atoms with E-state index in [0.717, 1.165) is 20.6 Å². The van der Waals surface area contributed by atoms with Crippen molar-refractivity contribution < 1.29 is 9.32 Å². The normalized spacial score (nSPS) is 11.1. The second kappa shape index (κ2) is 5.81. The van der Waals surface area contributed by atoms with E-state index in [9.17, 15) is 4.79 Å². The van der Waals surface area contributed by atoms with E-state index in [1.807, 2.05) is 48.5 Å². The highest BCUT2D eigenvalue weighted by Crippen LogP contribution is 2.21. The summed E-state index contributed by atoms with van der Waals surface area (Å²) in [6, 6.07) is 15.5. The molecule has 0 saturated carbocycles. The highest BCUT2D eigenvalue weighted by atomic mass is 32.1. The smallest absolute Gasteiger partial charge is 0.226 e. The van der Waals surface area contributed by atoms with Gasteiger partial charge in [-0.3, -0.25) is 4.79 Å². The van der Waals surface area contributed by atoms with Gasteiger partial charge in [-0.05, 0) is 24.3 Å². The molecule has 5 nitrogen and oxygen atoms in total. The number of hydrogen-bond donors (Lipinski definition) is 1. The van der Waals surface area contributed by atoms with Crippen LogP contribution in [0.2, 0.25) is 0 Å². The lowest BCUT2D eigenvalue weighted by Gasteiger charge is -2.01. The van der Waals surface area contributed by atoms with E-state index in [-0.39, 0.29) is 12.3 Å². The average Bonchev–Trinajstić information content (AvgIpc) is 3.17. The number of benzene rings is 2. The van der Waals surface area contributed by atoms with E-state index >= 15 is 0 Å². The molecular weight excluding hydrogens is 310 g/mol. The van der Waals surface area contributed by atoms with Crippen LogP contribution in [0.25, 0.3) is 21.2 Å². The fourth-order valence-corrected chi connectivity index (χ4v) is 3.36. The third kappa shape index (κ3) is 2.80. The molecule has 1 N–H and O–H groups in total. The predicted octanol–water partition coefficient (Wildman–Crippen LogP) is 3.30. The molecule has 2 aromatic heterocycles. The van der Waals surface area contributed by atoms with Crippen LogP contribution in [0.1, 0.15) is 10.7 Å². The zero-order valence-electron chi connectivity index (χ0n) is 12.2. The second-order valence-corrected chi connectivity index (χ2v) is 6.27. The number of para-hydroxylation sites is 2. The van der Waals surface area contributed by atoms with Gasteiger partial charge in [-0.25, -0.2) is 4.98 Å². The van der Waals surface area contributed by atoms with Crippen LogP contribution in [0.3, 0.4) is 0 Å². The number of nitrogens with one attached hydrogen (secondary N) is 1. The zero-order valence-corrected chi connectivity index (χ0v) is 13.0. The van der Waals surface area contributed by atoms with Crippen molar-refractivity contribution in [1.29, 1.82) is 0 Å². The fourth-order valence-electron chi connectivity index (χ4n) is 2.45. The first-order valence-electron chi connectivity index (χ1n) is 7.24. The minimum atomic E-state index is -0.0942. The molecule has 0 aliphatic carbocycles. The Bertz CT molecular complexity index is 957. The lowest BCUT2D eigenvalue weighted by Crippen LogP contribution is -2.24. The van der Waals surface area contributed by atoms with Crippen molar-refractivity contribution in [2.45, 2.75) is 13.0 Å². The van der Waals surface area contributed by atoms with Crippen molar-refractivity contribution in [1.82, 2.24) is 15.5 Å². The molecule has 6 heteroatoms. The van der Waals surface area contributed by atoms with Crippen LogP contribution in [0.15, 0.2) is 53.1 Å². The van der Waals surface area contributed by atoms with Crippen LogP contribution in [0.5, 0.6) is 0 Å². The number of amides is 1. The Hall–Kier alpha value is -2.73. The number of fused-ring (bicyclic) bond motifs is 2. The first-order chi connectivity index (χ1) is 11.3. The Morgan fingerprint density at radius 2 is 1.96 bits per heavy atom. The second-order valence-electron chi connectivity index (χ2n) is 5.15. The summed E-state index contributed by atoms with van der Waals surface area (Å²) in [7, 11) is 0. The molecule has 114 valence electrons. The molecule has 1 amide bonds. The van der Waals surface area contributed by atoms with Crippen molar-refractivity contribution in [3.63, 3.8) is 0 Å². The maximum atomic E-state index is 12.1. The number of thiazole rings is 1. The van der Waals surface area contributed by atoms with Gasteiger partial charge >= 0.3 is 0 Å². The Morgan fingerprint density at radius 3 is 2.87 bits per heavy atom. The molecule has 0 atom stereocenters. The quantitative estimate of drug-likeness (QED) is 0.626. The Kier molecular flexibility index (Phi) is 3.51. The van der Waals surface area contributed by atoms with Gasteiger partial charge in [-0.15, -0.1) is 11.3 Å². The van der Waals surface area contributed by atoms with Crippen molar-refractivity contribution >= 4 is 38.4 Å². The summed E-state index contributed by atoms with van der Waals surface area (Å²) in [5.74, 6) is -0.0942. The Morgan fingerprint density at radius 1 is 1.13 bits per heavy atom. The summed E-state index contributed by atoms with van der Waals surface area (Å²) in [6.45, 7) is 0.425. The Balaban J connectivity index is 1.43. The van der Waals surface area contributed by atoms with Crippen molar-refractivity contribution in [3.05, 3.63) is 59.2 Å². The predicted molar refractivity (Wildman–Crippen MR) is 89.2 cm³/mol. The molecule has 0 unspecified atom stereocenters. The average molecular weight is 323 g/mol. The van der Waals surface area contributed by atoms with Crippen LogP contribution in [-0.2, 0) is 17.8 Å². The number of carbonyl (C=O) groups excluding carboxylic acids is 1. The topological polar surface area (TPSA) is 68.0 Å². The van der Waals surface area contributed by atoms with Gasteiger partial charge in [-0.1, -0.05) is 29.4 Å². The van der Waals surface area contributed by atoms with E-state index in [4.69, 9.17) is 4.52 Å². The van der Waals surface area contributed by atoms with Crippen molar-refractivity contribution in [2.75, 3.05) is 0 Å². The van der Waals surface area contributed by atoms with Crippen LogP contribution in [-0.4, -0.2) is 16.0 Å². The van der Waals surface area contributed by atoms with Gasteiger partial charge < -0.3 is 9.84 Å². The molecular formula is C17H13N3O2S. The SMILES string of the molecule is O=C(Cc1noc2ccccc12)NCc1nc2ccccc2s1. The van der Waals surface area contributed by atoms with E-state index in [0.29, 0.717) is 17.8 Å². The van der Waals surface area contributed by atoms with Crippen LogP contribution in [0.4, 0.5) is 0 Å². The van der Waals surface area contributed by atoms with Gasteiger partial charge in [0, 0.05) is 5.39 Å². The minimum absolute atomic E-state index is 0.0942. The molecule has 2 heterocycles. The monoisotopic (exact) mass is 323 g/mol. The molecule has 4 aromatic rings. The van der Waals surface area contributed by atoms with Gasteiger partial charge in [0.05, 0.1) is 23.2 Å². The van der Waals surface area contributed by atoms with Gasteiger partial charge in [0.1, 0.15) is 10.7 Å². The summed E-state index contributed by atoms with van der Waals surface area (Å²) >= 11 is 1.59. The molecule has 0 aliphatic heterocycles. The van der Waals surface area contributed by atoms with Crippen molar-refractivity contribution in [3.8, 4) is 0 Å².